The lowest BCUT2D eigenvalue weighted by Crippen LogP contribution is -2.62. The summed E-state index contributed by atoms with van der Waals surface area (Å²) in [5.74, 6) is -6.53. The van der Waals surface area contributed by atoms with Gasteiger partial charge in [0.05, 0.1) is 36.6 Å². The highest BCUT2D eigenvalue weighted by Crippen LogP contribution is 2.49. The molecular formula is C45H74O10. The summed E-state index contributed by atoms with van der Waals surface area (Å²) in [5, 5.41) is 43.8. The molecule has 2 fully saturated rings. The van der Waals surface area contributed by atoms with Crippen molar-refractivity contribution in [1.29, 1.82) is 0 Å². The number of fused-ring (bicyclic) bond motifs is 2. The van der Waals surface area contributed by atoms with Crippen LogP contribution in [0.1, 0.15) is 121 Å². The quantitative estimate of drug-likeness (QED) is 0.226. The minimum absolute atomic E-state index is 0.144. The summed E-state index contributed by atoms with van der Waals surface area (Å²) in [6, 6.07) is 0. The molecule has 2 saturated heterocycles. The molecule has 10 heteroatoms. The molecule has 10 nitrogen and oxygen atoms in total. The number of ether oxygens (including phenoxy) is 3. The SMILES string of the molecule is CC[C@@H]1/C=C\C=C\C[C@H](C)[C@@H](O)[C@@H](C)C(=O)[C@H](C)[C@@H](O)[C@H](C)C(=O)[C@H](C)[C@@H](O)[C@H](C)/C=C/C(=O)O[C@@H]2[C@H](C)[C@H](CC1)O[C@@]1(CC[C@@H](C)[C@@H](C[C@H](C)O)O1)[C@@H]2C. The third-order valence-electron chi connectivity index (χ3n) is 13.4. The van der Waals surface area contributed by atoms with Gasteiger partial charge >= 0.3 is 5.97 Å². The molecule has 1 spiro atoms. The second-order valence-corrected chi connectivity index (χ2v) is 17.7. The van der Waals surface area contributed by atoms with Gasteiger partial charge in [0.25, 0.3) is 0 Å². The Balaban J connectivity index is 1.97. The summed E-state index contributed by atoms with van der Waals surface area (Å²) in [5.41, 5.74) is 0. The van der Waals surface area contributed by atoms with E-state index in [1.54, 1.807) is 47.6 Å². The lowest BCUT2D eigenvalue weighted by molar-refractivity contribution is -0.371. The summed E-state index contributed by atoms with van der Waals surface area (Å²) >= 11 is 0. The molecule has 314 valence electrons. The summed E-state index contributed by atoms with van der Waals surface area (Å²) in [6.45, 7) is 20.1. The molecule has 3 heterocycles. The highest BCUT2D eigenvalue weighted by atomic mass is 16.7. The van der Waals surface area contributed by atoms with Gasteiger partial charge in [-0.15, -0.1) is 0 Å². The van der Waals surface area contributed by atoms with Crippen molar-refractivity contribution < 1.29 is 49.0 Å². The Morgan fingerprint density at radius 2 is 1.36 bits per heavy atom. The van der Waals surface area contributed by atoms with Crippen LogP contribution in [0.4, 0.5) is 0 Å². The van der Waals surface area contributed by atoms with Crippen LogP contribution in [-0.2, 0) is 28.6 Å². The topological polar surface area (TPSA) is 160 Å². The fraction of sp³-hybridized carbons (Fsp3) is 0.800. The maximum Gasteiger partial charge on any atom is 0.330 e. The van der Waals surface area contributed by atoms with E-state index in [9.17, 15) is 34.8 Å². The number of carbonyl (C=O) groups is 3. The zero-order valence-electron chi connectivity index (χ0n) is 35.5. The van der Waals surface area contributed by atoms with Crippen LogP contribution in [0.3, 0.4) is 0 Å². The van der Waals surface area contributed by atoms with Crippen molar-refractivity contribution in [2.24, 2.45) is 59.2 Å². The number of allylic oxidation sites excluding steroid dienone is 4. The van der Waals surface area contributed by atoms with Crippen molar-refractivity contribution in [3.63, 3.8) is 0 Å². The number of hydrogen-bond donors (Lipinski definition) is 4. The molecule has 0 aromatic heterocycles. The van der Waals surface area contributed by atoms with Crippen LogP contribution in [0, 0.1) is 59.2 Å². The van der Waals surface area contributed by atoms with Gasteiger partial charge in [0.2, 0.25) is 0 Å². The number of esters is 1. The Bertz CT molecular complexity index is 1340. The molecule has 0 aromatic carbocycles. The van der Waals surface area contributed by atoms with Crippen molar-refractivity contribution in [2.75, 3.05) is 0 Å². The second-order valence-electron chi connectivity index (χ2n) is 17.7. The summed E-state index contributed by atoms with van der Waals surface area (Å²) in [4.78, 5) is 40.4. The van der Waals surface area contributed by atoms with Crippen molar-refractivity contribution in [2.45, 2.75) is 170 Å². The van der Waals surface area contributed by atoms with Gasteiger partial charge in [-0.3, -0.25) is 9.59 Å². The first-order valence-electron chi connectivity index (χ1n) is 21.1. The molecule has 3 rings (SSSR count). The van der Waals surface area contributed by atoms with E-state index in [1.807, 2.05) is 32.1 Å². The number of ketones is 2. The standard InChI is InChI=1S/C45H74O10/c1-12-35-17-15-13-14-16-26(3)39(48)30(7)41(50)32(9)43(52)33(10)42(51)31(8)40(49)27(4)18-21-38(47)53-44-29(6)36(20-19-35)54-45(34(44)11)23-22-25(2)37(55-45)24-28(5)46/h13-15,17-18,21,25-37,39-40,43-44,46,48-49,52H,12,16,19-20,22-24H2,1-11H3/b14-13+,17-15-,21-18+/t25-,26+,27-,28+,29-,30-,31-,32+,33-,34-,35-,36+,37-,39-,40+,43-,44-,45-/m1/s1. The van der Waals surface area contributed by atoms with E-state index in [0.29, 0.717) is 19.3 Å². The van der Waals surface area contributed by atoms with E-state index in [2.05, 4.69) is 26.8 Å². The Labute approximate surface area is 331 Å². The predicted octanol–water partition coefficient (Wildman–Crippen LogP) is 6.77. The maximum absolute atomic E-state index is 13.5. The molecule has 0 amide bonds. The van der Waals surface area contributed by atoms with E-state index in [4.69, 9.17) is 14.2 Å². The molecule has 55 heavy (non-hydrogen) atoms. The first kappa shape index (κ1) is 47.2. The maximum atomic E-state index is 13.5. The van der Waals surface area contributed by atoms with Crippen LogP contribution >= 0.6 is 0 Å². The second kappa shape index (κ2) is 21.0. The van der Waals surface area contributed by atoms with E-state index in [0.717, 1.165) is 25.7 Å². The van der Waals surface area contributed by atoms with Crippen LogP contribution in [-0.4, -0.2) is 86.5 Å². The van der Waals surface area contributed by atoms with Gasteiger partial charge in [-0.1, -0.05) is 99.6 Å². The minimum atomic E-state index is -1.30. The molecule has 3 aliphatic rings. The van der Waals surface area contributed by atoms with Crippen molar-refractivity contribution in [1.82, 2.24) is 0 Å². The van der Waals surface area contributed by atoms with Gasteiger partial charge in [0.1, 0.15) is 17.7 Å². The lowest BCUT2D eigenvalue weighted by atomic mass is 9.74. The lowest BCUT2D eigenvalue weighted by Gasteiger charge is -2.55. The average molecular weight is 775 g/mol. The molecule has 18 atom stereocenters. The molecule has 0 saturated carbocycles. The van der Waals surface area contributed by atoms with Gasteiger partial charge in [-0.05, 0) is 63.2 Å². The fourth-order valence-electron chi connectivity index (χ4n) is 8.95. The zero-order valence-corrected chi connectivity index (χ0v) is 35.5. The predicted molar refractivity (Wildman–Crippen MR) is 213 cm³/mol. The van der Waals surface area contributed by atoms with Gasteiger partial charge < -0.3 is 34.6 Å². The average Bonchev–Trinajstić information content (AvgIpc) is 3.16. The molecule has 0 aliphatic carbocycles. The summed E-state index contributed by atoms with van der Waals surface area (Å²) < 4.78 is 20.0. The molecule has 0 unspecified atom stereocenters. The van der Waals surface area contributed by atoms with E-state index < -0.39 is 77.6 Å². The first-order valence-corrected chi connectivity index (χ1v) is 21.1. The van der Waals surface area contributed by atoms with Gasteiger partial charge in [-0.25, -0.2) is 4.79 Å². The molecule has 2 bridgehead atoms. The minimum Gasteiger partial charge on any atom is -0.458 e. The monoisotopic (exact) mass is 775 g/mol. The van der Waals surface area contributed by atoms with Crippen LogP contribution < -0.4 is 0 Å². The third kappa shape index (κ3) is 11.9. The number of aliphatic hydroxyl groups is 4. The number of Topliss-reactive ketones (excluding diaryl/α,β-unsaturated/α-hetero) is 2. The fourth-order valence-corrected chi connectivity index (χ4v) is 8.95. The smallest absolute Gasteiger partial charge is 0.330 e. The highest BCUT2D eigenvalue weighted by molar-refractivity contribution is 5.87. The van der Waals surface area contributed by atoms with Crippen molar-refractivity contribution in [3.05, 3.63) is 36.5 Å². The van der Waals surface area contributed by atoms with E-state index in [1.165, 1.54) is 6.08 Å². The Morgan fingerprint density at radius 3 is 1.96 bits per heavy atom. The van der Waals surface area contributed by atoms with Crippen molar-refractivity contribution in [3.8, 4) is 0 Å². The van der Waals surface area contributed by atoms with Gasteiger partial charge in [-0.2, -0.15) is 0 Å². The summed E-state index contributed by atoms with van der Waals surface area (Å²) in [7, 11) is 0. The number of hydrogen-bond acceptors (Lipinski definition) is 10. The first-order chi connectivity index (χ1) is 25.8. The van der Waals surface area contributed by atoms with Crippen LogP contribution in [0.25, 0.3) is 0 Å². The highest BCUT2D eigenvalue weighted by Gasteiger charge is 2.56. The Hall–Kier alpha value is -2.21. The van der Waals surface area contributed by atoms with Crippen molar-refractivity contribution >= 4 is 17.5 Å². The normalized spacial score (nSPS) is 46.1. The molecule has 0 radical (unpaired) electrons. The van der Waals surface area contributed by atoms with Crippen LogP contribution in [0.2, 0.25) is 0 Å². The largest absolute Gasteiger partial charge is 0.458 e. The number of carbonyl (C=O) groups excluding carboxylic acids is 3. The van der Waals surface area contributed by atoms with Gasteiger partial charge in [0.15, 0.2) is 5.79 Å². The third-order valence-corrected chi connectivity index (χ3v) is 13.4. The van der Waals surface area contributed by atoms with Crippen LogP contribution in [0.5, 0.6) is 0 Å². The van der Waals surface area contributed by atoms with E-state index in [-0.39, 0.29) is 47.6 Å². The molecule has 3 aliphatic heterocycles. The molecule has 4 N–H and O–H groups in total. The number of aliphatic hydroxyl groups excluding tert-OH is 4. The van der Waals surface area contributed by atoms with E-state index >= 15 is 0 Å². The molecule has 0 aromatic rings. The number of rotatable bonds is 3. The Morgan fingerprint density at radius 1 is 0.764 bits per heavy atom. The van der Waals surface area contributed by atoms with Crippen LogP contribution in [0.15, 0.2) is 36.5 Å². The Kier molecular flexibility index (Phi) is 18.0. The summed E-state index contributed by atoms with van der Waals surface area (Å²) in [6.07, 6.45) is 11.1. The zero-order chi connectivity index (χ0) is 41.4. The molecular weight excluding hydrogens is 700 g/mol. The van der Waals surface area contributed by atoms with Gasteiger partial charge in [0, 0.05) is 53.9 Å².